The molecule has 128 valence electrons. The van der Waals surface area contributed by atoms with Gasteiger partial charge in [0.05, 0.1) is 15.6 Å². The number of rotatable bonds is 5. The Hall–Kier alpha value is -1.76. The number of carbonyl (C=O) groups is 1. The molecule has 2 aromatic rings. The van der Waals surface area contributed by atoms with Crippen molar-refractivity contribution < 1.29 is 13.2 Å². The Morgan fingerprint density at radius 2 is 1.83 bits per heavy atom. The van der Waals surface area contributed by atoms with Gasteiger partial charge >= 0.3 is 0 Å². The highest BCUT2D eigenvalue weighted by Crippen LogP contribution is 2.30. The number of anilines is 1. The number of nitrogens with one attached hydrogen (secondary N) is 2. The summed E-state index contributed by atoms with van der Waals surface area (Å²) >= 11 is 12.0. The molecule has 0 bridgehead atoms. The van der Waals surface area contributed by atoms with E-state index >= 15 is 0 Å². The molecule has 0 saturated heterocycles. The molecule has 0 radical (unpaired) electrons. The maximum Gasteiger partial charge on any atom is 0.263 e. The SMILES string of the molecule is CCNC(=O)c1cc(S(=O)(=O)Nc2cccc(C)c2)c(Cl)cc1Cl. The van der Waals surface area contributed by atoms with E-state index in [0.717, 1.165) is 5.56 Å². The minimum Gasteiger partial charge on any atom is -0.352 e. The minimum atomic E-state index is -3.97. The van der Waals surface area contributed by atoms with Crippen molar-refractivity contribution in [3.05, 3.63) is 57.6 Å². The van der Waals surface area contributed by atoms with Crippen molar-refractivity contribution in [3.8, 4) is 0 Å². The Kier molecular flexibility index (Phi) is 5.74. The lowest BCUT2D eigenvalue weighted by atomic mass is 10.2. The first-order valence-electron chi connectivity index (χ1n) is 7.11. The van der Waals surface area contributed by atoms with Gasteiger partial charge in [-0.05, 0) is 43.7 Å². The number of aryl methyl sites for hydroxylation is 1. The Balaban J connectivity index is 2.46. The summed E-state index contributed by atoms with van der Waals surface area (Å²) in [6, 6.07) is 9.31. The highest BCUT2D eigenvalue weighted by atomic mass is 35.5. The Bertz CT molecular complexity index is 883. The van der Waals surface area contributed by atoms with Gasteiger partial charge in [-0.1, -0.05) is 35.3 Å². The van der Waals surface area contributed by atoms with Crippen molar-refractivity contribution in [1.29, 1.82) is 0 Å². The number of benzene rings is 2. The van der Waals surface area contributed by atoms with Gasteiger partial charge in [0.25, 0.3) is 15.9 Å². The molecule has 1 amide bonds. The topological polar surface area (TPSA) is 75.3 Å². The Labute approximate surface area is 151 Å². The summed E-state index contributed by atoms with van der Waals surface area (Å²) < 4.78 is 27.7. The fourth-order valence-electron chi connectivity index (χ4n) is 2.08. The van der Waals surface area contributed by atoms with Crippen molar-refractivity contribution in [2.75, 3.05) is 11.3 Å². The number of sulfonamides is 1. The van der Waals surface area contributed by atoms with E-state index in [2.05, 4.69) is 10.0 Å². The number of hydrogen-bond donors (Lipinski definition) is 2. The molecule has 2 N–H and O–H groups in total. The molecule has 0 unspecified atom stereocenters. The summed E-state index contributed by atoms with van der Waals surface area (Å²) in [5, 5.41) is 2.60. The maximum absolute atomic E-state index is 12.6. The average molecular weight is 387 g/mol. The molecule has 2 aromatic carbocycles. The smallest absolute Gasteiger partial charge is 0.263 e. The van der Waals surface area contributed by atoms with Gasteiger partial charge in [0.15, 0.2) is 0 Å². The van der Waals surface area contributed by atoms with Crippen molar-refractivity contribution in [2.45, 2.75) is 18.7 Å². The lowest BCUT2D eigenvalue weighted by Gasteiger charge is -2.12. The van der Waals surface area contributed by atoms with Crippen LogP contribution in [0.5, 0.6) is 0 Å². The molecule has 5 nitrogen and oxygen atoms in total. The summed E-state index contributed by atoms with van der Waals surface area (Å²) in [4.78, 5) is 11.8. The quantitative estimate of drug-likeness (QED) is 0.818. The Morgan fingerprint density at radius 3 is 2.46 bits per heavy atom. The second kappa shape index (κ2) is 7.42. The zero-order chi connectivity index (χ0) is 17.9. The van der Waals surface area contributed by atoms with Crippen LogP contribution < -0.4 is 10.0 Å². The zero-order valence-corrected chi connectivity index (χ0v) is 15.4. The molecule has 0 atom stereocenters. The maximum atomic E-state index is 12.6. The van der Waals surface area contributed by atoms with Crippen molar-refractivity contribution in [3.63, 3.8) is 0 Å². The molecule has 0 fully saturated rings. The highest BCUT2D eigenvalue weighted by molar-refractivity contribution is 7.92. The first kappa shape index (κ1) is 18.6. The van der Waals surface area contributed by atoms with Gasteiger partial charge in [0.1, 0.15) is 4.90 Å². The molecule has 0 aliphatic heterocycles. The largest absolute Gasteiger partial charge is 0.352 e. The molecule has 2 rings (SSSR count). The monoisotopic (exact) mass is 386 g/mol. The first-order valence-corrected chi connectivity index (χ1v) is 9.35. The van der Waals surface area contributed by atoms with Crippen LogP contribution in [0.25, 0.3) is 0 Å². The molecule has 0 spiro atoms. The van der Waals surface area contributed by atoms with Crippen LogP contribution in [-0.2, 0) is 10.0 Å². The number of hydrogen-bond acceptors (Lipinski definition) is 3. The first-order chi connectivity index (χ1) is 11.2. The van der Waals surface area contributed by atoms with Crippen LogP contribution in [0.2, 0.25) is 10.0 Å². The molecule has 0 aliphatic carbocycles. The van der Waals surface area contributed by atoms with Gasteiger partial charge in [-0.3, -0.25) is 9.52 Å². The van der Waals surface area contributed by atoms with E-state index in [1.54, 1.807) is 25.1 Å². The molecule has 0 saturated carbocycles. The number of halogens is 2. The highest BCUT2D eigenvalue weighted by Gasteiger charge is 2.22. The van der Waals surface area contributed by atoms with Gasteiger partial charge in [-0.25, -0.2) is 8.42 Å². The van der Waals surface area contributed by atoms with E-state index in [1.807, 2.05) is 13.0 Å². The summed E-state index contributed by atoms with van der Waals surface area (Å²) in [7, 11) is -3.97. The molecule has 0 aliphatic rings. The van der Waals surface area contributed by atoms with Gasteiger partial charge < -0.3 is 5.32 Å². The summed E-state index contributed by atoms with van der Waals surface area (Å²) in [6.45, 7) is 3.99. The second-order valence-electron chi connectivity index (χ2n) is 5.10. The fourth-order valence-corrected chi connectivity index (χ4v) is 3.99. The summed E-state index contributed by atoms with van der Waals surface area (Å²) in [5.74, 6) is -0.467. The molecule has 0 aromatic heterocycles. The van der Waals surface area contributed by atoms with Crippen LogP contribution in [0.3, 0.4) is 0 Å². The average Bonchev–Trinajstić information content (AvgIpc) is 2.46. The van der Waals surface area contributed by atoms with E-state index in [-0.39, 0.29) is 20.5 Å². The van der Waals surface area contributed by atoms with Crippen LogP contribution in [0.1, 0.15) is 22.8 Å². The molecule has 24 heavy (non-hydrogen) atoms. The zero-order valence-electron chi connectivity index (χ0n) is 13.1. The van der Waals surface area contributed by atoms with Gasteiger partial charge in [0, 0.05) is 12.2 Å². The lowest BCUT2D eigenvalue weighted by molar-refractivity contribution is 0.0956. The standard InChI is InChI=1S/C16H16Cl2N2O3S/c1-3-19-16(21)12-8-15(14(18)9-13(12)17)24(22,23)20-11-6-4-5-10(2)7-11/h4-9,20H,3H2,1-2H3,(H,19,21). The lowest BCUT2D eigenvalue weighted by Crippen LogP contribution is -2.23. The predicted molar refractivity (Wildman–Crippen MR) is 96.5 cm³/mol. The van der Waals surface area contributed by atoms with E-state index in [1.165, 1.54) is 12.1 Å². The van der Waals surface area contributed by atoms with Gasteiger partial charge in [-0.15, -0.1) is 0 Å². The van der Waals surface area contributed by atoms with Gasteiger partial charge in [0.2, 0.25) is 0 Å². The molecular formula is C16H16Cl2N2O3S. The minimum absolute atomic E-state index is 0.0486. The van der Waals surface area contributed by atoms with Crippen LogP contribution in [0.15, 0.2) is 41.3 Å². The molecule has 8 heteroatoms. The second-order valence-corrected chi connectivity index (χ2v) is 7.56. The summed E-state index contributed by atoms with van der Waals surface area (Å²) in [5.41, 5.74) is 1.36. The van der Waals surface area contributed by atoms with E-state index in [4.69, 9.17) is 23.2 Å². The third-order valence-electron chi connectivity index (χ3n) is 3.16. The molecule has 0 heterocycles. The van der Waals surface area contributed by atoms with Crippen LogP contribution in [0.4, 0.5) is 5.69 Å². The Morgan fingerprint density at radius 1 is 1.12 bits per heavy atom. The van der Waals surface area contributed by atoms with Gasteiger partial charge in [-0.2, -0.15) is 0 Å². The van der Waals surface area contributed by atoms with E-state index in [9.17, 15) is 13.2 Å². The van der Waals surface area contributed by atoms with Crippen LogP contribution in [-0.4, -0.2) is 20.9 Å². The van der Waals surface area contributed by atoms with E-state index < -0.39 is 15.9 Å². The number of carbonyl (C=O) groups excluding carboxylic acids is 1. The van der Waals surface area contributed by atoms with E-state index in [0.29, 0.717) is 12.2 Å². The predicted octanol–water partition coefficient (Wildman–Crippen LogP) is 3.85. The molecular weight excluding hydrogens is 371 g/mol. The third kappa shape index (κ3) is 4.20. The fraction of sp³-hybridized carbons (Fsp3) is 0.188. The van der Waals surface area contributed by atoms with Crippen LogP contribution >= 0.6 is 23.2 Å². The van der Waals surface area contributed by atoms with Crippen LogP contribution in [0, 0.1) is 6.92 Å². The van der Waals surface area contributed by atoms with Crippen molar-refractivity contribution in [2.24, 2.45) is 0 Å². The normalized spacial score (nSPS) is 11.2. The van der Waals surface area contributed by atoms with Crippen molar-refractivity contribution in [1.82, 2.24) is 5.32 Å². The van der Waals surface area contributed by atoms with Crippen molar-refractivity contribution >= 4 is 44.8 Å². The third-order valence-corrected chi connectivity index (χ3v) is 5.32. The summed E-state index contributed by atoms with van der Waals surface area (Å²) in [6.07, 6.45) is 0. The number of amides is 1.